The van der Waals surface area contributed by atoms with E-state index in [1.54, 1.807) is 18.2 Å². The number of thioether (sulfide) groups is 1. The summed E-state index contributed by atoms with van der Waals surface area (Å²) in [6, 6.07) is 13.8. The van der Waals surface area contributed by atoms with Crippen LogP contribution < -0.4 is 9.80 Å². The highest BCUT2D eigenvalue weighted by Crippen LogP contribution is 2.36. The van der Waals surface area contributed by atoms with Gasteiger partial charge in [-0.3, -0.25) is 19.8 Å². The van der Waals surface area contributed by atoms with Gasteiger partial charge in [-0.2, -0.15) is 0 Å². The van der Waals surface area contributed by atoms with Crippen molar-refractivity contribution in [2.45, 2.75) is 13.8 Å². The first kappa shape index (κ1) is 20.0. The fourth-order valence-corrected chi connectivity index (χ4v) is 4.23. The molecular formula is C20H19N3O3S2. The van der Waals surface area contributed by atoms with E-state index in [-0.39, 0.29) is 11.6 Å². The van der Waals surface area contributed by atoms with E-state index < -0.39 is 4.92 Å². The molecule has 3 rings (SSSR count). The van der Waals surface area contributed by atoms with Crippen LogP contribution >= 0.6 is 24.0 Å². The molecule has 6 nitrogen and oxygen atoms in total. The number of nitro groups is 1. The van der Waals surface area contributed by atoms with Crippen LogP contribution in [0.5, 0.6) is 0 Å². The molecule has 1 fully saturated rings. The molecule has 2 aromatic carbocycles. The second-order valence-corrected chi connectivity index (χ2v) is 7.73. The molecule has 1 aliphatic heterocycles. The van der Waals surface area contributed by atoms with Gasteiger partial charge in [-0.25, -0.2) is 0 Å². The van der Waals surface area contributed by atoms with Crippen molar-refractivity contribution in [3.05, 3.63) is 69.1 Å². The van der Waals surface area contributed by atoms with Gasteiger partial charge in [-0.15, -0.1) is 0 Å². The van der Waals surface area contributed by atoms with E-state index in [9.17, 15) is 14.9 Å². The molecule has 0 atom stereocenters. The number of nitro benzene ring substituents is 1. The summed E-state index contributed by atoms with van der Waals surface area (Å²) in [4.78, 5) is 27.4. The van der Waals surface area contributed by atoms with Gasteiger partial charge < -0.3 is 4.90 Å². The maximum Gasteiger partial charge on any atom is 0.270 e. The van der Waals surface area contributed by atoms with Crippen LogP contribution in [-0.4, -0.2) is 28.2 Å². The van der Waals surface area contributed by atoms with E-state index in [1.165, 1.54) is 28.8 Å². The van der Waals surface area contributed by atoms with Gasteiger partial charge in [0.25, 0.3) is 11.6 Å². The first-order chi connectivity index (χ1) is 13.4. The number of rotatable bonds is 6. The maximum absolute atomic E-state index is 12.9. The second kappa shape index (κ2) is 8.53. The number of carbonyl (C=O) groups is 1. The Morgan fingerprint density at radius 1 is 1.11 bits per heavy atom. The third-order valence-electron chi connectivity index (χ3n) is 4.43. The minimum atomic E-state index is -0.453. The number of non-ortho nitro benzene ring substituents is 1. The highest BCUT2D eigenvalue weighted by atomic mass is 32.2. The van der Waals surface area contributed by atoms with E-state index in [0.29, 0.717) is 14.8 Å². The van der Waals surface area contributed by atoms with Gasteiger partial charge in [-0.05, 0) is 61.9 Å². The quantitative estimate of drug-likeness (QED) is 0.292. The minimum absolute atomic E-state index is 0.0120. The van der Waals surface area contributed by atoms with Crippen LogP contribution in [0.15, 0.2) is 53.4 Å². The predicted molar refractivity (Wildman–Crippen MR) is 119 cm³/mol. The standard InChI is InChI=1S/C20H19N3O3S2/c1-3-21(4-2)15-9-11-16(12-10-15)22-19(24)18(28-20(22)27)13-14-5-7-17(8-6-14)23(25)26/h5-13H,3-4H2,1-2H3. The van der Waals surface area contributed by atoms with Crippen LogP contribution in [0.25, 0.3) is 6.08 Å². The summed E-state index contributed by atoms with van der Waals surface area (Å²) in [6.45, 7) is 6.02. The molecule has 8 heteroatoms. The second-order valence-electron chi connectivity index (χ2n) is 6.05. The molecule has 0 aliphatic carbocycles. The molecule has 0 spiro atoms. The van der Waals surface area contributed by atoms with Crippen molar-refractivity contribution < 1.29 is 9.72 Å². The van der Waals surface area contributed by atoms with Crippen LogP contribution in [-0.2, 0) is 4.79 Å². The van der Waals surface area contributed by atoms with Gasteiger partial charge >= 0.3 is 0 Å². The number of hydrogen-bond donors (Lipinski definition) is 0. The Bertz CT molecular complexity index is 936. The summed E-state index contributed by atoms with van der Waals surface area (Å²) >= 11 is 6.63. The summed E-state index contributed by atoms with van der Waals surface area (Å²) < 4.78 is 0.466. The Morgan fingerprint density at radius 3 is 2.25 bits per heavy atom. The minimum Gasteiger partial charge on any atom is -0.372 e. The van der Waals surface area contributed by atoms with Crippen molar-refractivity contribution in [3.63, 3.8) is 0 Å². The van der Waals surface area contributed by atoms with E-state index in [1.807, 2.05) is 24.3 Å². The normalized spacial score (nSPS) is 15.4. The molecule has 1 heterocycles. The number of anilines is 2. The smallest absolute Gasteiger partial charge is 0.270 e. The van der Waals surface area contributed by atoms with Crippen molar-refractivity contribution >= 4 is 57.3 Å². The third-order valence-corrected chi connectivity index (χ3v) is 5.73. The first-order valence-corrected chi connectivity index (χ1v) is 10.0. The van der Waals surface area contributed by atoms with Gasteiger partial charge in [0.2, 0.25) is 0 Å². The average Bonchev–Trinajstić information content (AvgIpc) is 2.97. The molecule has 144 valence electrons. The highest BCUT2D eigenvalue weighted by molar-refractivity contribution is 8.27. The van der Waals surface area contributed by atoms with E-state index >= 15 is 0 Å². The summed E-state index contributed by atoms with van der Waals surface area (Å²) in [5, 5.41) is 10.8. The lowest BCUT2D eigenvalue weighted by Gasteiger charge is -2.22. The molecule has 1 aliphatic rings. The number of carbonyl (C=O) groups excluding carboxylic acids is 1. The lowest BCUT2D eigenvalue weighted by Crippen LogP contribution is -2.27. The molecule has 0 bridgehead atoms. The van der Waals surface area contributed by atoms with Crippen molar-refractivity contribution in [3.8, 4) is 0 Å². The number of thiocarbonyl (C=S) groups is 1. The summed E-state index contributed by atoms with van der Waals surface area (Å²) in [7, 11) is 0. The number of nitrogens with zero attached hydrogens (tertiary/aromatic N) is 3. The Balaban J connectivity index is 1.82. The molecule has 1 saturated heterocycles. The SMILES string of the molecule is CCN(CC)c1ccc(N2C(=O)C(=Cc3ccc([N+](=O)[O-])cc3)SC2=S)cc1. The number of benzene rings is 2. The van der Waals surface area contributed by atoms with Crippen molar-refractivity contribution in [2.75, 3.05) is 22.9 Å². The van der Waals surface area contributed by atoms with Gasteiger partial charge in [0, 0.05) is 30.9 Å². The van der Waals surface area contributed by atoms with Gasteiger partial charge in [0.1, 0.15) is 0 Å². The molecule has 2 aromatic rings. The lowest BCUT2D eigenvalue weighted by atomic mass is 10.2. The van der Waals surface area contributed by atoms with Crippen LogP contribution in [0.3, 0.4) is 0 Å². The molecule has 28 heavy (non-hydrogen) atoms. The Labute approximate surface area is 173 Å². The molecule has 0 aromatic heterocycles. The van der Waals surface area contributed by atoms with Crippen molar-refractivity contribution in [1.82, 2.24) is 0 Å². The molecule has 0 saturated carbocycles. The molecular weight excluding hydrogens is 394 g/mol. The topological polar surface area (TPSA) is 66.7 Å². The summed E-state index contributed by atoms with van der Waals surface area (Å²) in [5.41, 5.74) is 2.55. The van der Waals surface area contributed by atoms with Crippen LogP contribution in [0.1, 0.15) is 19.4 Å². The van der Waals surface area contributed by atoms with Gasteiger partial charge in [0.15, 0.2) is 4.32 Å². The van der Waals surface area contributed by atoms with Gasteiger partial charge in [-0.1, -0.05) is 24.0 Å². The Hall–Kier alpha value is -2.71. The Kier molecular flexibility index (Phi) is 6.11. The monoisotopic (exact) mass is 413 g/mol. The first-order valence-electron chi connectivity index (χ1n) is 8.82. The summed E-state index contributed by atoms with van der Waals surface area (Å²) in [5.74, 6) is -0.191. The molecule has 0 radical (unpaired) electrons. The molecule has 1 amide bonds. The van der Waals surface area contributed by atoms with Crippen LogP contribution in [0.2, 0.25) is 0 Å². The average molecular weight is 414 g/mol. The predicted octanol–water partition coefficient (Wildman–Crippen LogP) is 4.85. The fourth-order valence-electron chi connectivity index (χ4n) is 2.94. The zero-order valence-corrected chi connectivity index (χ0v) is 17.1. The zero-order valence-electron chi connectivity index (χ0n) is 15.5. The zero-order chi connectivity index (χ0) is 20.3. The number of amides is 1. The maximum atomic E-state index is 12.9. The van der Waals surface area contributed by atoms with E-state index in [2.05, 4.69) is 18.7 Å². The van der Waals surface area contributed by atoms with E-state index in [0.717, 1.165) is 24.5 Å². The van der Waals surface area contributed by atoms with Gasteiger partial charge in [0.05, 0.1) is 15.5 Å². The number of hydrogen-bond acceptors (Lipinski definition) is 6. The summed E-state index contributed by atoms with van der Waals surface area (Å²) in [6.07, 6.45) is 1.70. The lowest BCUT2D eigenvalue weighted by molar-refractivity contribution is -0.384. The molecule has 0 unspecified atom stereocenters. The van der Waals surface area contributed by atoms with Crippen LogP contribution in [0, 0.1) is 10.1 Å². The van der Waals surface area contributed by atoms with E-state index in [4.69, 9.17) is 12.2 Å². The largest absolute Gasteiger partial charge is 0.372 e. The Morgan fingerprint density at radius 2 is 1.71 bits per heavy atom. The highest BCUT2D eigenvalue weighted by Gasteiger charge is 2.33. The third kappa shape index (κ3) is 4.07. The fraction of sp³-hybridized carbons (Fsp3) is 0.200. The van der Waals surface area contributed by atoms with Crippen LogP contribution in [0.4, 0.5) is 17.1 Å². The van der Waals surface area contributed by atoms with Crippen molar-refractivity contribution in [1.29, 1.82) is 0 Å². The van der Waals surface area contributed by atoms with Crippen molar-refractivity contribution in [2.24, 2.45) is 0 Å². The molecule has 0 N–H and O–H groups in total.